The molecule has 1 aliphatic rings. The number of thiazole rings is 1. The minimum Gasteiger partial charge on any atom is -0.304 e. The summed E-state index contributed by atoms with van der Waals surface area (Å²) >= 11 is 3.49. The van der Waals surface area contributed by atoms with Gasteiger partial charge in [0, 0.05) is 18.0 Å². The van der Waals surface area contributed by atoms with Gasteiger partial charge in [0.15, 0.2) is 0 Å². The number of hydrogen-bond donors (Lipinski definition) is 1. The standard InChI is InChI=1S/C18H18N2S2/c1-2-7-15-13(5-1)6-3-8-16(15)19-11-14-12-22-18(20-14)17-9-4-10-21-17/h1-2,4-5,7,9-10,12,16,19H,3,6,8,11H2/t16-/m1/s1. The third-order valence-corrected chi connectivity index (χ3v) is 6.11. The predicted octanol–water partition coefficient (Wildman–Crippen LogP) is 5.04. The Morgan fingerprint density at radius 3 is 3.00 bits per heavy atom. The fourth-order valence-electron chi connectivity index (χ4n) is 3.10. The second-order valence-corrected chi connectivity index (χ2v) is 7.45. The fraction of sp³-hybridized carbons (Fsp3) is 0.278. The Balaban J connectivity index is 1.45. The molecule has 0 bridgehead atoms. The number of aryl methyl sites for hydroxylation is 1. The Hall–Kier alpha value is -1.49. The molecule has 0 fully saturated rings. The van der Waals surface area contributed by atoms with Crippen LogP contribution in [-0.2, 0) is 13.0 Å². The number of nitrogens with zero attached hydrogens (tertiary/aromatic N) is 1. The third-order valence-electron chi connectivity index (χ3n) is 4.18. The molecule has 2 heterocycles. The number of benzene rings is 1. The summed E-state index contributed by atoms with van der Waals surface area (Å²) in [4.78, 5) is 6.02. The van der Waals surface area contributed by atoms with Gasteiger partial charge in [-0.3, -0.25) is 0 Å². The van der Waals surface area contributed by atoms with E-state index in [1.54, 1.807) is 22.7 Å². The van der Waals surface area contributed by atoms with Crippen LogP contribution in [-0.4, -0.2) is 4.98 Å². The van der Waals surface area contributed by atoms with Gasteiger partial charge in [-0.15, -0.1) is 22.7 Å². The van der Waals surface area contributed by atoms with Crippen molar-refractivity contribution in [2.45, 2.75) is 31.8 Å². The van der Waals surface area contributed by atoms with Crippen LogP contribution in [0.1, 0.15) is 35.7 Å². The van der Waals surface area contributed by atoms with Gasteiger partial charge in [-0.25, -0.2) is 4.98 Å². The van der Waals surface area contributed by atoms with Crippen LogP contribution in [0.2, 0.25) is 0 Å². The van der Waals surface area contributed by atoms with E-state index in [1.807, 2.05) is 0 Å². The molecular formula is C18H18N2S2. The summed E-state index contributed by atoms with van der Waals surface area (Å²) in [6.45, 7) is 0.848. The van der Waals surface area contributed by atoms with Crippen molar-refractivity contribution in [2.24, 2.45) is 0 Å². The molecule has 0 spiro atoms. The van der Waals surface area contributed by atoms with Crippen molar-refractivity contribution in [3.05, 3.63) is 64.0 Å². The molecule has 2 nitrogen and oxygen atoms in total. The summed E-state index contributed by atoms with van der Waals surface area (Å²) < 4.78 is 0. The lowest BCUT2D eigenvalue weighted by atomic mass is 9.88. The summed E-state index contributed by atoms with van der Waals surface area (Å²) in [5.74, 6) is 0. The Morgan fingerprint density at radius 2 is 2.09 bits per heavy atom. The lowest BCUT2D eigenvalue weighted by Crippen LogP contribution is -2.24. The van der Waals surface area contributed by atoms with Gasteiger partial charge in [-0.05, 0) is 41.8 Å². The number of aromatic nitrogens is 1. The van der Waals surface area contributed by atoms with E-state index in [9.17, 15) is 0 Å². The Labute approximate surface area is 138 Å². The van der Waals surface area contributed by atoms with E-state index < -0.39 is 0 Å². The van der Waals surface area contributed by atoms with Crippen LogP contribution < -0.4 is 5.32 Å². The summed E-state index contributed by atoms with van der Waals surface area (Å²) in [6, 6.07) is 13.5. The lowest BCUT2D eigenvalue weighted by Gasteiger charge is -2.26. The van der Waals surface area contributed by atoms with E-state index in [-0.39, 0.29) is 0 Å². The zero-order valence-electron chi connectivity index (χ0n) is 12.3. The van der Waals surface area contributed by atoms with Crippen LogP contribution >= 0.6 is 22.7 Å². The molecule has 0 amide bonds. The zero-order valence-corrected chi connectivity index (χ0v) is 13.9. The van der Waals surface area contributed by atoms with Crippen LogP contribution in [0.25, 0.3) is 9.88 Å². The van der Waals surface area contributed by atoms with Crippen molar-refractivity contribution in [2.75, 3.05) is 0 Å². The highest BCUT2D eigenvalue weighted by molar-refractivity contribution is 7.20. The smallest absolute Gasteiger partial charge is 0.133 e. The second kappa shape index (κ2) is 6.32. The molecule has 0 saturated carbocycles. The van der Waals surface area contributed by atoms with Crippen LogP contribution in [0.5, 0.6) is 0 Å². The average Bonchev–Trinajstić information content (AvgIpc) is 3.24. The average molecular weight is 326 g/mol. The molecule has 4 heteroatoms. The fourth-order valence-corrected chi connectivity index (χ4v) is 4.73. The first-order valence-electron chi connectivity index (χ1n) is 7.69. The number of fused-ring (bicyclic) bond motifs is 1. The molecule has 0 aliphatic heterocycles. The van der Waals surface area contributed by atoms with Crippen molar-refractivity contribution in [3.8, 4) is 9.88 Å². The van der Waals surface area contributed by atoms with E-state index in [4.69, 9.17) is 4.98 Å². The minimum absolute atomic E-state index is 0.469. The first-order valence-corrected chi connectivity index (χ1v) is 9.45. The molecule has 1 aromatic carbocycles. The second-order valence-electron chi connectivity index (χ2n) is 5.65. The Morgan fingerprint density at radius 1 is 1.14 bits per heavy atom. The minimum atomic E-state index is 0.469. The topological polar surface area (TPSA) is 24.9 Å². The summed E-state index contributed by atoms with van der Waals surface area (Å²) in [6.07, 6.45) is 3.71. The molecule has 112 valence electrons. The maximum Gasteiger partial charge on any atom is 0.133 e. The molecule has 3 aromatic rings. The molecule has 1 aliphatic carbocycles. The monoisotopic (exact) mass is 326 g/mol. The van der Waals surface area contributed by atoms with Crippen molar-refractivity contribution in [1.29, 1.82) is 0 Å². The summed E-state index contributed by atoms with van der Waals surface area (Å²) in [5, 5.41) is 9.12. The summed E-state index contributed by atoms with van der Waals surface area (Å²) in [5.41, 5.74) is 4.13. The molecule has 4 rings (SSSR count). The molecule has 1 atom stereocenters. The first-order chi connectivity index (χ1) is 10.9. The normalized spacial score (nSPS) is 17.4. The van der Waals surface area contributed by atoms with Crippen LogP contribution in [0.4, 0.5) is 0 Å². The molecule has 0 unspecified atom stereocenters. The van der Waals surface area contributed by atoms with E-state index in [1.165, 1.54) is 35.3 Å². The van der Waals surface area contributed by atoms with Gasteiger partial charge in [0.1, 0.15) is 5.01 Å². The quantitative estimate of drug-likeness (QED) is 0.726. The van der Waals surface area contributed by atoms with Gasteiger partial charge in [0.2, 0.25) is 0 Å². The van der Waals surface area contributed by atoms with E-state index in [0.717, 1.165) is 17.2 Å². The number of hydrogen-bond acceptors (Lipinski definition) is 4. The Bertz CT molecular complexity index is 746. The highest BCUT2D eigenvalue weighted by Gasteiger charge is 2.19. The van der Waals surface area contributed by atoms with Gasteiger partial charge in [-0.2, -0.15) is 0 Å². The van der Waals surface area contributed by atoms with Crippen molar-refractivity contribution in [3.63, 3.8) is 0 Å². The molecule has 2 aromatic heterocycles. The van der Waals surface area contributed by atoms with Gasteiger partial charge in [0.25, 0.3) is 0 Å². The third kappa shape index (κ3) is 2.86. The van der Waals surface area contributed by atoms with Gasteiger partial charge >= 0.3 is 0 Å². The maximum atomic E-state index is 4.76. The number of nitrogens with one attached hydrogen (secondary N) is 1. The predicted molar refractivity (Wildman–Crippen MR) is 94.4 cm³/mol. The lowest BCUT2D eigenvalue weighted by molar-refractivity contribution is 0.457. The van der Waals surface area contributed by atoms with Gasteiger partial charge < -0.3 is 5.32 Å². The first kappa shape index (κ1) is 14.1. The highest BCUT2D eigenvalue weighted by atomic mass is 32.1. The van der Waals surface area contributed by atoms with Gasteiger partial charge in [-0.1, -0.05) is 30.3 Å². The Kier molecular flexibility index (Phi) is 4.06. The largest absolute Gasteiger partial charge is 0.304 e. The van der Waals surface area contributed by atoms with E-state index >= 15 is 0 Å². The highest BCUT2D eigenvalue weighted by Crippen LogP contribution is 2.31. The van der Waals surface area contributed by atoms with Crippen molar-refractivity contribution >= 4 is 22.7 Å². The van der Waals surface area contributed by atoms with Crippen molar-refractivity contribution < 1.29 is 0 Å². The van der Waals surface area contributed by atoms with Crippen molar-refractivity contribution in [1.82, 2.24) is 10.3 Å². The van der Waals surface area contributed by atoms with Gasteiger partial charge in [0.05, 0.1) is 10.6 Å². The maximum absolute atomic E-state index is 4.76. The van der Waals surface area contributed by atoms with Crippen LogP contribution in [0.3, 0.4) is 0 Å². The molecule has 1 N–H and O–H groups in total. The SMILES string of the molecule is c1csc(-c2nc(CN[C@@H]3CCCc4ccccc43)cs2)c1. The molecule has 22 heavy (non-hydrogen) atoms. The number of thiophene rings is 1. The molecule has 0 saturated heterocycles. The summed E-state index contributed by atoms with van der Waals surface area (Å²) in [7, 11) is 0. The zero-order chi connectivity index (χ0) is 14.8. The van der Waals surface area contributed by atoms with Crippen LogP contribution in [0.15, 0.2) is 47.2 Å². The number of rotatable bonds is 4. The van der Waals surface area contributed by atoms with E-state index in [2.05, 4.69) is 52.5 Å². The molecular weight excluding hydrogens is 308 g/mol. The molecule has 0 radical (unpaired) electrons. The van der Waals surface area contributed by atoms with E-state index in [0.29, 0.717) is 6.04 Å². The van der Waals surface area contributed by atoms with Crippen LogP contribution in [0, 0.1) is 0 Å².